The Morgan fingerprint density at radius 3 is 2.70 bits per heavy atom. The zero-order valence-electron chi connectivity index (χ0n) is 6.09. The van der Waals surface area contributed by atoms with Crippen molar-refractivity contribution in [2.45, 2.75) is 6.54 Å². The molecule has 52 valence electrons. The second-order valence-corrected chi connectivity index (χ2v) is 2.23. The number of rotatable bonds is 2. The van der Waals surface area contributed by atoms with Crippen molar-refractivity contribution in [3.63, 3.8) is 0 Å². The Kier molecular flexibility index (Phi) is 2.46. The van der Waals surface area contributed by atoms with Crippen LogP contribution in [0.25, 0.3) is 0 Å². The van der Waals surface area contributed by atoms with E-state index < -0.39 is 0 Å². The van der Waals surface area contributed by atoms with Gasteiger partial charge in [-0.3, -0.25) is 0 Å². The van der Waals surface area contributed by atoms with Gasteiger partial charge in [0.25, 0.3) is 0 Å². The molecule has 1 nitrogen and oxygen atoms in total. The van der Waals surface area contributed by atoms with E-state index >= 15 is 0 Å². The summed E-state index contributed by atoms with van der Waals surface area (Å²) >= 11 is 0. The van der Waals surface area contributed by atoms with Crippen LogP contribution in [-0.2, 0) is 6.54 Å². The Bertz CT molecular complexity index is 206. The molecule has 1 rings (SSSR count). The molecule has 0 aliphatic heterocycles. The standard InChI is InChI=1S/C9H11N/c1-8-5-3-4-6-9(8)7-10-2/h1,3-6,10H,7H2,2H3. The molecule has 1 heteroatoms. The van der Waals surface area contributed by atoms with Gasteiger partial charge < -0.3 is 5.32 Å². The summed E-state index contributed by atoms with van der Waals surface area (Å²) in [5, 5.41) is 3.04. The Hall–Kier alpha value is -0.820. The molecule has 2 radical (unpaired) electrons. The minimum Gasteiger partial charge on any atom is -0.316 e. The van der Waals surface area contributed by atoms with Crippen LogP contribution in [0.3, 0.4) is 0 Å². The fourth-order valence-corrected chi connectivity index (χ4v) is 0.886. The van der Waals surface area contributed by atoms with Gasteiger partial charge >= 0.3 is 0 Å². The van der Waals surface area contributed by atoms with E-state index in [0.29, 0.717) is 0 Å². The molecule has 0 amide bonds. The first-order valence-corrected chi connectivity index (χ1v) is 3.32. The van der Waals surface area contributed by atoms with Crippen LogP contribution in [0.4, 0.5) is 0 Å². The van der Waals surface area contributed by atoms with E-state index in [-0.39, 0.29) is 0 Å². The van der Waals surface area contributed by atoms with E-state index in [4.69, 9.17) is 6.92 Å². The number of hydrogen-bond donors (Lipinski definition) is 1. The lowest BCUT2D eigenvalue weighted by Gasteiger charge is -2.01. The quantitative estimate of drug-likeness (QED) is 0.644. The van der Waals surface area contributed by atoms with Crippen LogP contribution < -0.4 is 5.32 Å². The predicted octanol–water partition coefficient (Wildman–Crippen LogP) is 1.47. The van der Waals surface area contributed by atoms with Crippen molar-refractivity contribution < 1.29 is 0 Å². The first-order chi connectivity index (χ1) is 4.84. The average molecular weight is 133 g/mol. The molecule has 1 N–H and O–H groups in total. The third kappa shape index (κ3) is 1.58. The zero-order valence-corrected chi connectivity index (χ0v) is 6.09. The van der Waals surface area contributed by atoms with Crippen molar-refractivity contribution in [1.82, 2.24) is 5.32 Å². The average Bonchev–Trinajstić information content (AvgIpc) is 1.94. The largest absolute Gasteiger partial charge is 0.316 e. The normalized spacial score (nSPS) is 9.80. The van der Waals surface area contributed by atoms with Gasteiger partial charge in [-0.05, 0) is 25.1 Å². The summed E-state index contributed by atoms with van der Waals surface area (Å²) in [6.07, 6.45) is 0. The summed E-state index contributed by atoms with van der Waals surface area (Å²) in [4.78, 5) is 0. The zero-order chi connectivity index (χ0) is 7.40. The van der Waals surface area contributed by atoms with Gasteiger partial charge in [0.05, 0.1) is 0 Å². The lowest BCUT2D eigenvalue weighted by molar-refractivity contribution is 0.815. The molecule has 0 bridgehead atoms. The van der Waals surface area contributed by atoms with E-state index in [1.807, 2.05) is 31.3 Å². The van der Waals surface area contributed by atoms with Crippen LogP contribution in [0.5, 0.6) is 0 Å². The topological polar surface area (TPSA) is 12.0 Å². The van der Waals surface area contributed by atoms with Crippen LogP contribution in [-0.4, -0.2) is 7.05 Å². The van der Waals surface area contributed by atoms with Crippen molar-refractivity contribution in [3.8, 4) is 0 Å². The molecule has 0 spiro atoms. The highest BCUT2D eigenvalue weighted by molar-refractivity contribution is 5.28. The van der Waals surface area contributed by atoms with Crippen LogP contribution >= 0.6 is 0 Å². The molecule has 10 heavy (non-hydrogen) atoms. The maximum Gasteiger partial charge on any atom is 0.0205 e. The molecule has 0 aliphatic rings. The third-order valence-electron chi connectivity index (χ3n) is 1.42. The highest BCUT2D eigenvalue weighted by atomic mass is 14.8. The summed E-state index contributed by atoms with van der Waals surface area (Å²) in [5.41, 5.74) is 2.02. The summed E-state index contributed by atoms with van der Waals surface area (Å²) in [6, 6.07) is 7.86. The molecule has 0 atom stereocenters. The number of benzene rings is 1. The van der Waals surface area contributed by atoms with E-state index in [2.05, 4.69) is 5.32 Å². The summed E-state index contributed by atoms with van der Waals surface area (Å²) < 4.78 is 0. The van der Waals surface area contributed by atoms with E-state index in [1.165, 1.54) is 0 Å². The Labute approximate surface area is 62.1 Å². The maximum atomic E-state index is 5.67. The van der Waals surface area contributed by atoms with E-state index in [1.54, 1.807) is 0 Å². The third-order valence-corrected chi connectivity index (χ3v) is 1.42. The van der Waals surface area contributed by atoms with Gasteiger partial charge in [-0.1, -0.05) is 24.3 Å². The minimum atomic E-state index is 0.840. The highest BCUT2D eigenvalue weighted by Gasteiger charge is 1.92. The van der Waals surface area contributed by atoms with Crippen molar-refractivity contribution in [3.05, 3.63) is 42.3 Å². The van der Waals surface area contributed by atoms with Gasteiger partial charge in [0, 0.05) is 6.54 Å². The first-order valence-electron chi connectivity index (χ1n) is 3.32. The van der Waals surface area contributed by atoms with Crippen molar-refractivity contribution in [1.29, 1.82) is 0 Å². The van der Waals surface area contributed by atoms with Crippen molar-refractivity contribution in [2.24, 2.45) is 0 Å². The molecule has 1 aromatic rings. The Morgan fingerprint density at radius 2 is 2.10 bits per heavy atom. The molecule has 0 unspecified atom stereocenters. The highest BCUT2D eigenvalue weighted by Crippen LogP contribution is 2.05. The molecule has 1 aromatic carbocycles. The maximum absolute atomic E-state index is 5.67. The fraction of sp³-hybridized carbons (Fsp3) is 0.222. The molecule has 0 fully saturated rings. The molecule has 0 aromatic heterocycles. The van der Waals surface area contributed by atoms with Crippen molar-refractivity contribution in [2.75, 3.05) is 7.05 Å². The smallest absolute Gasteiger partial charge is 0.0205 e. The second-order valence-electron chi connectivity index (χ2n) is 2.23. The summed E-state index contributed by atoms with van der Waals surface area (Å²) in [6.45, 7) is 6.51. The van der Waals surface area contributed by atoms with Crippen LogP contribution in [0, 0.1) is 6.92 Å². The van der Waals surface area contributed by atoms with Crippen LogP contribution in [0.15, 0.2) is 24.3 Å². The van der Waals surface area contributed by atoms with Gasteiger partial charge in [-0.25, -0.2) is 0 Å². The summed E-state index contributed by atoms with van der Waals surface area (Å²) in [5.74, 6) is 0. The van der Waals surface area contributed by atoms with Gasteiger partial charge in [-0.15, -0.1) is 0 Å². The molecule has 0 saturated heterocycles. The SMILES string of the molecule is [CH]c1ccccc1CNC. The molecule has 0 heterocycles. The molecule has 0 saturated carbocycles. The van der Waals surface area contributed by atoms with Gasteiger partial charge in [-0.2, -0.15) is 0 Å². The van der Waals surface area contributed by atoms with E-state index in [9.17, 15) is 0 Å². The Balaban J connectivity index is 2.81. The molecular formula is C9H11N. The second kappa shape index (κ2) is 3.37. The number of nitrogens with one attached hydrogen (secondary N) is 1. The lowest BCUT2D eigenvalue weighted by atomic mass is 10.1. The van der Waals surface area contributed by atoms with E-state index in [0.717, 1.165) is 17.7 Å². The predicted molar refractivity (Wildman–Crippen MR) is 42.6 cm³/mol. The van der Waals surface area contributed by atoms with Gasteiger partial charge in [0.2, 0.25) is 0 Å². The Morgan fingerprint density at radius 1 is 1.40 bits per heavy atom. The molecule has 0 aliphatic carbocycles. The van der Waals surface area contributed by atoms with Crippen molar-refractivity contribution >= 4 is 0 Å². The lowest BCUT2D eigenvalue weighted by Crippen LogP contribution is -2.05. The van der Waals surface area contributed by atoms with Crippen LogP contribution in [0.1, 0.15) is 11.1 Å². The van der Waals surface area contributed by atoms with Crippen LogP contribution in [0.2, 0.25) is 0 Å². The monoisotopic (exact) mass is 133 g/mol. The number of hydrogen-bond acceptors (Lipinski definition) is 1. The van der Waals surface area contributed by atoms with Gasteiger partial charge in [0.15, 0.2) is 0 Å². The molecular weight excluding hydrogens is 122 g/mol. The first kappa shape index (κ1) is 7.29. The minimum absolute atomic E-state index is 0.840. The summed E-state index contributed by atoms with van der Waals surface area (Å²) in [7, 11) is 1.91. The fourth-order valence-electron chi connectivity index (χ4n) is 0.886. The van der Waals surface area contributed by atoms with Gasteiger partial charge in [0.1, 0.15) is 0 Å².